The summed E-state index contributed by atoms with van der Waals surface area (Å²) in [7, 11) is 2.00. The number of aliphatic hydroxyl groups is 1. The Hall–Kier alpha value is -3.19. The lowest BCUT2D eigenvalue weighted by Crippen LogP contribution is -2.05. The minimum atomic E-state index is -0.0437. The van der Waals surface area contributed by atoms with Gasteiger partial charge in [0.2, 0.25) is 5.95 Å². The zero-order chi connectivity index (χ0) is 17.4. The number of rotatable bonds is 4. The summed E-state index contributed by atoms with van der Waals surface area (Å²) >= 11 is 0. The van der Waals surface area contributed by atoms with Crippen LogP contribution in [-0.2, 0) is 13.7 Å². The van der Waals surface area contributed by atoms with Gasteiger partial charge in [-0.25, -0.2) is 9.67 Å². The van der Waals surface area contributed by atoms with E-state index in [4.69, 9.17) is 0 Å². The van der Waals surface area contributed by atoms with Crippen LogP contribution in [0.1, 0.15) is 11.3 Å². The number of para-hydroxylation sites is 1. The monoisotopic (exact) mass is 334 g/mol. The highest BCUT2D eigenvalue weighted by molar-refractivity contribution is 5.85. The zero-order valence-electron chi connectivity index (χ0n) is 14.0. The lowest BCUT2D eigenvalue weighted by atomic mass is 10.2. The third-order valence-electron chi connectivity index (χ3n) is 4.24. The Kier molecular flexibility index (Phi) is 3.70. The third-order valence-corrected chi connectivity index (χ3v) is 4.24. The van der Waals surface area contributed by atoms with Crippen molar-refractivity contribution in [3.05, 3.63) is 60.0 Å². The molecule has 0 amide bonds. The van der Waals surface area contributed by atoms with Gasteiger partial charge in [-0.2, -0.15) is 10.1 Å². The molecule has 0 unspecified atom stereocenters. The number of aliphatic hydroxyl groups excluding tert-OH is 1. The number of benzene rings is 1. The number of aryl methyl sites for hydroxylation is 2. The van der Waals surface area contributed by atoms with Gasteiger partial charge < -0.3 is 15.0 Å². The van der Waals surface area contributed by atoms with E-state index in [1.54, 1.807) is 23.1 Å². The van der Waals surface area contributed by atoms with Gasteiger partial charge in [-0.15, -0.1) is 0 Å². The molecule has 7 heteroatoms. The van der Waals surface area contributed by atoms with E-state index in [1.807, 2.05) is 26.1 Å². The van der Waals surface area contributed by atoms with E-state index >= 15 is 0 Å². The number of hydrogen-bond acceptors (Lipinski definition) is 5. The van der Waals surface area contributed by atoms with E-state index in [-0.39, 0.29) is 6.61 Å². The summed E-state index contributed by atoms with van der Waals surface area (Å²) in [6.45, 7) is 1.82. The summed E-state index contributed by atoms with van der Waals surface area (Å²) in [5.74, 6) is 2.03. The molecule has 3 aromatic heterocycles. The van der Waals surface area contributed by atoms with Crippen molar-refractivity contribution in [3.8, 4) is 5.82 Å². The largest absolute Gasteiger partial charge is 0.392 e. The van der Waals surface area contributed by atoms with E-state index in [2.05, 4.69) is 43.1 Å². The van der Waals surface area contributed by atoms with E-state index in [9.17, 15) is 5.11 Å². The Labute approximate surface area is 144 Å². The maximum atomic E-state index is 9.33. The van der Waals surface area contributed by atoms with Crippen molar-refractivity contribution in [1.82, 2.24) is 24.3 Å². The first kappa shape index (κ1) is 15.3. The summed E-state index contributed by atoms with van der Waals surface area (Å²) < 4.78 is 3.71. The van der Waals surface area contributed by atoms with E-state index in [0.717, 1.165) is 28.0 Å². The lowest BCUT2D eigenvalue weighted by molar-refractivity contribution is 0.281. The minimum absolute atomic E-state index is 0.0437. The second-order valence-electron chi connectivity index (χ2n) is 5.85. The number of nitrogens with one attached hydrogen (secondary N) is 1. The average molecular weight is 334 g/mol. The van der Waals surface area contributed by atoms with Crippen LogP contribution < -0.4 is 5.32 Å². The molecule has 0 aliphatic rings. The van der Waals surface area contributed by atoms with Crippen LogP contribution in [-0.4, -0.2) is 29.4 Å². The molecular formula is C18H18N6O. The second kappa shape index (κ2) is 6.03. The van der Waals surface area contributed by atoms with E-state index in [1.165, 1.54) is 0 Å². The van der Waals surface area contributed by atoms with Crippen molar-refractivity contribution in [3.63, 3.8) is 0 Å². The van der Waals surface area contributed by atoms with Gasteiger partial charge in [0.15, 0.2) is 5.82 Å². The molecule has 0 spiro atoms. The average Bonchev–Trinajstić information content (AvgIpc) is 3.16. The first-order chi connectivity index (χ1) is 12.2. The Morgan fingerprint density at radius 3 is 2.80 bits per heavy atom. The SMILES string of the molecule is Cc1nn(-c2ccnc(Nc3cc4ccccc4n3C)n2)cc1CO. The molecule has 0 aliphatic carbocycles. The fraction of sp³-hybridized carbons (Fsp3) is 0.167. The molecule has 0 aliphatic heterocycles. The van der Waals surface area contributed by atoms with E-state index < -0.39 is 0 Å². The Morgan fingerprint density at radius 2 is 2.04 bits per heavy atom. The van der Waals surface area contributed by atoms with Crippen LogP contribution in [0.15, 0.2) is 48.8 Å². The molecule has 1 aromatic carbocycles. The topological polar surface area (TPSA) is 80.8 Å². The van der Waals surface area contributed by atoms with Crippen molar-refractivity contribution in [2.24, 2.45) is 7.05 Å². The quantitative estimate of drug-likeness (QED) is 0.600. The molecule has 126 valence electrons. The van der Waals surface area contributed by atoms with Crippen molar-refractivity contribution >= 4 is 22.7 Å². The molecule has 0 radical (unpaired) electrons. The molecule has 4 rings (SSSR count). The summed E-state index contributed by atoms with van der Waals surface area (Å²) in [5, 5.41) is 18.1. The maximum Gasteiger partial charge on any atom is 0.230 e. The van der Waals surface area contributed by atoms with Gasteiger partial charge in [0.05, 0.1) is 12.3 Å². The third kappa shape index (κ3) is 2.74. The molecule has 3 heterocycles. The molecule has 0 fully saturated rings. The Morgan fingerprint density at radius 1 is 1.20 bits per heavy atom. The molecule has 0 bridgehead atoms. The molecular weight excluding hydrogens is 316 g/mol. The van der Waals surface area contributed by atoms with E-state index in [0.29, 0.717) is 11.8 Å². The normalized spacial score (nSPS) is 11.2. The standard InChI is InChI=1S/C18H18N6O/c1-12-14(11-25)10-24(22-12)16-7-8-19-18(20-16)21-17-9-13-5-3-4-6-15(13)23(17)2/h3-10,25H,11H2,1-2H3,(H,19,20,21). The zero-order valence-corrected chi connectivity index (χ0v) is 14.0. The van der Waals surface area contributed by atoms with Crippen LogP contribution in [0.25, 0.3) is 16.7 Å². The van der Waals surface area contributed by atoms with Gasteiger partial charge in [-0.05, 0) is 19.1 Å². The number of aromatic nitrogens is 5. The summed E-state index contributed by atoms with van der Waals surface area (Å²) in [5.41, 5.74) is 2.70. The lowest BCUT2D eigenvalue weighted by Gasteiger charge is -2.07. The van der Waals surface area contributed by atoms with Gasteiger partial charge in [0.1, 0.15) is 5.82 Å². The predicted molar refractivity (Wildman–Crippen MR) is 96.0 cm³/mol. The molecule has 7 nitrogen and oxygen atoms in total. The minimum Gasteiger partial charge on any atom is -0.392 e. The van der Waals surface area contributed by atoms with Gasteiger partial charge in [-0.3, -0.25) is 0 Å². The fourth-order valence-electron chi connectivity index (χ4n) is 2.83. The highest BCUT2D eigenvalue weighted by Crippen LogP contribution is 2.24. The van der Waals surface area contributed by atoms with Gasteiger partial charge >= 0.3 is 0 Å². The van der Waals surface area contributed by atoms with Crippen molar-refractivity contribution in [2.75, 3.05) is 5.32 Å². The van der Waals surface area contributed by atoms with Crippen LogP contribution in [0.2, 0.25) is 0 Å². The Balaban J connectivity index is 1.68. The number of anilines is 2. The Bertz CT molecular complexity index is 1050. The molecule has 25 heavy (non-hydrogen) atoms. The first-order valence-electron chi connectivity index (χ1n) is 7.96. The summed E-state index contributed by atoms with van der Waals surface area (Å²) in [4.78, 5) is 8.82. The highest BCUT2D eigenvalue weighted by atomic mass is 16.3. The summed E-state index contributed by atoms with van der Waals surface area (Å²) in [6, 6.07) is 12.0. The molecule has 4 aromatic rings. The molecule has 2 N–H and O–H groups in total. The maximum absolute atomic E-state index is 9.33. The van der Waals surface area contributed by atoms with Crippen LogP contribution in [0, 0.1) is 6.92 Å². The number of fused-ring (bicyclic) bond motifs is 1. The first-order valence-corrected chi connectivity index (χ1v) is 7.96. The van der Waals surface area contributed by atoms with Gasteiger partial charge in [0, 0.05) is 42.0 Å². The molecule has 0 saturated heterocycles. The molecule has 0 saturated carbocycles. The van der Waals surface area contributed by atoms with Crippen molar-refractivity contribution in [2.45, 2.75) is 13.5 Å². The van der Waals surface area contributed by atoms with Crippen molar-refractivity contribution < 1.29 is 5.11 Å². The second-order valence-corrected chi connectivity index (χ2v) is 5.85. The smallest absolute Gasteiger partial charge is 0.230 e. The van der Waals surface area contributed by atoms with Crippen LogP contribution in [0.3, 0.4) is 0 Å². The van der Waals surface area contributed by atoms with Gasteiger partial charge in [-0.1, -0.05) is 18.2 Å². The fourth-order valence-corrected chi connectivity index (χ4v) is 2.83. The van der Waals surface area contributed by atoms with Crippen molar-refractivity contribution in [1.29, 1.82) is 0 Å². The summed E-state index contributed by atoms with van der Waals surface area (Å²) in [6.07, 6.45) is 3.46. The van der Waals surface area contributed by atoms with Gasteiger partial charge in [0.25, 0.3) is 0 Å². The molecule has 0 atom stereocenters. The number of hydrogen-bond donors (Lipinski definition) is 2. The predicted octanol–water partition coefficient (Wildman–Crippen LogP) is 2.70. The van der Waals surface area contributed by atoms with Crippen LogP contribution in [0.4, 0.5) is 11.8 Å². The van der Waals surface area contributed by atoms with Crippen LogP contribution >= 0.6 is 0 Å². The number of nitrogens with zero attached hydrogens (tertiary/aromatic N) is 5. The highest BCUT2D eigenvalue weighted by Gasteiger charge is 2.10. The van der Waals surface area contributed by atoms with Crippen LogP contribution in [0.5, 0.6) is 0 Å².